The predicted octanol–water partition coefficient (Wildman–Crippen LogP) is 4.02. The lowest BCUT2D eigenvalue weighted by molar-refractivity contribution is -0.385. The molecule has 0 spiro atoms. The van der Waals surface area contributed by atoms with E-state index in [0.29, 0.717) is 19.4 Å². The predicted molar refractivity (Wildman–Crippen MR) is 105 cm³/mol. The number of hydrogen-bond acceptors (Lipinski definition) is 4. The van der Waals surface area contributed by atoms with Crippen LogP contribution in [0.3, 0.4) is 0 Å². The Bertz CT molecular complexity index is 1020. The maximum absolute atomic E-state index is 13.2. The van der Waals surface area contributed by atoms with Gasteiger partial charge in [0.05, 0.1) is 16.5 Å². The first-order valence-corrected chi connectivity index (χ1v) is 9.57. The summed E-state index contributed by atoms with van der Waals surface area (Å²) in [5.41, 5.74) is -0.380. The maximum atomic E-state index is 13.2. The lowest BCUT2D eigenvalue weighted by Crippen LogP contribution is -2.38. The highest BCUT2D eigenvalue weighted by atomic mass is 19.4. The van der Waals surface area contributed by atoms with Crippen LogP contribution < -0.4 is 5.32 Å². The summed E-state index contributed by atoms with van der Waals surface area (Å²) in [4.78, 5) is 36.7. The monoisotopic (exact) mass is 435 g/mol. The summed E-state index contributed by atoms with van der Waals surface area (Å²) in [6.45, 7) is 1.97. The van der Waals surface area contributed by atoms with Gasteiger partial charge in [-0.1, -0.05) is 12.1 Å². The molecule has 1 aliphatic heterocycles. The standard InChI is InChI=1S/C21H20F3N3O4/c1-13-10-15(7-8-18(13)27(30)31)20(29)25-17(12-26-9-3-6-19(26)28)14-4-2-5-16(11-14)21(22,23)24/h2,4-5,7-8,10-11,17H,3,6,9,12H2,1H3,(H,25,29). The molecule has 1 saturated heterocycles. The summed E-state index contributed by atoms with van der Waals surface area (Å²) in [5, 5.41) is 13.7. The van der Waals surface area contributed by atoms with Crippen molar-refractivity contribution in [2.75, 3.05) is 13.1 Å². The smallest absolute Gasteiger partial charge is 0.343 e. The van der Waals surface area contributed by atoms with Crippen molar-refractivity contribution in [3.8, 4) is 0 Å². The number of nitro groups is 1. The number of rotatable bonds is 6. The second-order valence-electron chi connectivity index (χ2n) is 7.35. The van der Waals surface area contributed by atoms with Gasteiger partial charge in [0.1, 0.15) is 0 Å². The van der Waals surface area contributed by atoms with Gasteiger partial charge < -0.3 is 10.2 Å². The fourth-order valence-corrected chi connectivity index (χ4v) is 3.53. The molecule has 2 aromatic rings. The van der Waals surface area contributed by atoms with E-state index in [0.717, 1.165) is 12.1 Å². The van der Waals surface area contributed by atoms with Gasteiger partial charge in [-0.2, -0.15) is 13.2 Å². The minimum atomic E-state index is -4.55. The number of nitrogens with one attached hydrogen (secondary N) is 1. The number of aryl methyl sites for hydroxylation is 1. The first-order valence-electron chi connectivity index (χ1n) is 9.57. The van der Waals surface area contributed by atoms with Gasteiger partial charge in [-0.25, -0.2) is 0 Å². The molecule has 10 heteroatoms. The minimum Gasteiger partial charge on any atom is -0.343 e. The average molecular weight is 435 g/mol. The highest BCUT2D eigenvalue weighted by Gasteiger charge is 2.32. The van der Waals surface area contributed by atoms with E-state index < -0.39 is 28.6 Å². The Hall–Kier alpha value is -3.43. The summed E-state index contributed by atoms with van der Waals surface area (Å²) >= 11 is 0. The number of nitro benzene ring substituents is 1. The Kier molecular flexibility index (Phi) is 6.28. The molecular weight excluding hydrogens is 415 g/mol. The molecule has 0 bridgehead atoms. The fraction of sp³-hybridized carbons (Fsp3) is 0.333. The lowest BCUT2D eigenvalue weighted by Gasteiger charge is -2.26. The number of alkyl halides is 3. The molecule has 2 amide bonds. The van der Waals surface area contributed by atoms with Crippen LogP contribution in [0, 0.1) is 17.0 Å². The molecular formula is C21H20F3N3O4. The Morgan fingerprint density at radius 3 is 2.58 bits per heavy atom. The van der Waals surface area contributed by atoms with E-state index >= 15 is 0 Å². The van der Waals surface area contributed by atoms with E-state index in [4.69, 9.17) is 0 Å². The molecule has 1 N–H and O–H groups in total. The second kappa shape index (κ2) is 8.75. The van der Waals surface area contributed by atoms with Gasteiger partial charge in [-0.05, 0) is 43.2 Å². The summed E-state index contributed by atoms with van der Waals surface area (Å²) in [6.07, 6.45) is -3.56. The number of halogens is 3. The Labute approximate surface area is 176 Å². The van der Waals surface area contributed by atoms with E-state index in [1.165, 1.54) is 42.2 Å². The van der Waals surface area contributed by atoms with Crippen LogP contribution in [-0.2, 0) is 11.0 Å². The maximum Gasteiger partial charge on any atom is 0.416 e. The number of likely N-dealkylation sites (tertiary alicyclic amines) is 1. The molecule has 1 aliphatic rings. The summed E-state index contributed by atoms with van der Waals surface area (Å²) in [6, 6.07) is 7.54. The third-order valence-corrected chi connectivity index (χ3v) is 5.15. The van der Waals surface area contributed by atoms with E-state index in [9.17, 15) is 32.9 Å². The largest absolute Gasteiger partial charge is 0.416 e. The SMILES string of the molecule is Cc1cc(C(=O)NC(CN2CCCC2=O)c2cccc(C(F)(F)F)c2)ccc1[N+](=O)[O-]. The minimum absolute atomic E-state index is 0.0256. The molecule has 1 heterocycles. The Balaban J connectivity index is 1.90. The number of amides is 2. The normalized spacial score (nSPS) is 15.1. The van der Waals surface area contributed by atoms with Crippen molar-refractivity contribution >= 4 is 17.5 Å². The molecule has 31 heavy (non-hydrogen) atoms. The number of nitrogens with zero attached hydrogens (tertiary/aromatic N) is 2. The zero-order valence-electron chi connectivity index (χ0n) is 16.6. The summed E-state index contributed by atoms with van der Waals surface area (Å²) < 4.78 is 39.5. The van der Waals surface area contributed by atoms with Gasteiger partial charge in [0.2, 0.25) is 5.91 Å². The van der Waals surface area contributed by atoms with Crippen LogP contribution in [0.2, 0.25) is 0 Å². The highest BCUT2D eigenvalue weighted by Crippen LogP contribution is 2.31. The van der Waals surface area contributed by atoms with Crippen LogP contribution in [0.5, 0.6) is 0 Å². The number of carbonyl (C=O) groups excluding carboxylic acids is 2. The van der Waals surface area contributed by atoms with Crippen LogP contribution in [0.4, 0.5) is 18.9 Å². The summed E-state index contributed by atoms with van der Waals surface area (Å²) in [5.74, 6) is -0.732. The molecule has 0 aromatic heterocycles. The molecule has 2 aromatic carbocycles. The summed E-state index contributed by atoms with van der Waals surface area (Å²) in [7, 11) is 0. The molecule has 0 saturated carbocycles. The molecule has 1 fully saturated rings. The Morgan fingerprint density at radius 1 is 1.26 bits per heavy atom. The van der Waals surface area contributed by atoms with Crippen LogP contribution in [0.25, 0.3) is 0 Å². The van der Waals surface area contributed by atoms with Crippen molar-refractivity contribution in [1.29, 1.82) is 0 Å². The zero-order valence-corrected chi connectivity index (χ0v) is 16.6. The van der Waals surface area contributed by atoms with Crippen molar-refractivity contribution < 1.29 is 27.7 Å². The topological polar surface area (TPSA) is 92.6 Å². The molecule has 3 rings (SSSR count). The molecule has 7 nitrogen and oxygen atoms in total. The van der Waals surface area contributed by atoms with Gasteiger partial charge in [0.25, 0.3) is 11.6 Å². The van der Waals surface area contributed by atoms with E-state index in [2.05, 4.69) is 5.32 Å². The number of carbonyl (C=O) groups is 2. The number of benzene rings is 2. The van der Waals surface area contributed by atoms with Crippen LogP contribution in [0.1, 0.15) is 45.9 Å². The molecule has 1 unspecified atom stereocenters. The van der Waals surface area contributed by atoms with Crippen molar-refractivity contribution in [2.45, 2.75) is 32.0 Å². The van der Waals surface area contributed by atoms with Gasteiger partial charge in [-0.15, -0.1) is 0 Å². The van der Waals surface area contributed by atoms with E-state index in [-0.39, 0.29) is 34.8 Å². The van der Waals surface area contributed by atoms with Crippen molar-refractivity contribution in [3.05, 3.63) is 74.8 Å². The van der Waals surface area contributed by atoms with Crippen LogP contribution in [-0.4, -0.2) is 34.7 Å². The van der Waals surface area contributed by atoms with E-state index in [1.54, 1.807) is 0 Å². The third-order valence-electron chi connectivity index (χ3n) is 5.15. The first kappa shape index (κ1) is 22.3. The van der Waals surface area contributed by atoms with Gasteiger partial charge in [-0.3, -0.25) is 19.7 Å². The highest BCUT2D eigenvalue weighted by molar-refractivity contribution is 5.95. The van der Waals surface area contributed by atoms with Crippen molar-refractivity contribution in [3.63, 3.8) is 0 Å². The first-order chi connectivity index (χ1) is 14.6. The molecule has 0 radical (unpaired) electrons. The fourth-order valence-electron chi connectivity index (χ4n) is 3.53. The van der Waals surface area contributed by atoms with Gasteiger partial charge in [0.15, 0.2) is 0 Å². The molecule has 1 atom stereocenters. The Morgan fingerprint density at radius 2 is 2.00 bits per heavy atom. The van der Waals surface area contributed by atoms with Gasteiger partial charge in [0, 0.05) is 36.7 Å². The average Bonchev–Trinajstić information content (AvgIpc) is 3.11. The van der Waals surface area contributed by atoms with Gasteiger partial charge >= 0.3 is 6.18 Å². The second-order valence-corrected chi connectivity index (χ2v) is 7.35. The number of hydrogen-bond donors (Lipinski definition) is 1. The quantitative estimate of drug-likeness (QED) is 0.548. The molecule has 0 aliphatic carbocycles. The lowest BCUT2D eigenvalue weighted by atomic mass is 10.0. The third kappa shape index (κ3) is 5.19. The van der Waals surface area contributed by atoms with E-state index in [1.807, 2.05) is 0 Å². The van der Waals surface area contributed by atoms with Crippen molar-refractivity contribution in [2.24, 2.45) is 0 Å². The van der Waals surface area contributed by atoms with Crippen molar-refractivity contribution in [1.82, 2.24) is 10.2 Å². The zero-order chi connectivity index (χ0) is 22.8. The van der Waals surface area contributed by atoms with Crippen LogP contribution >= 0.6 is 0 Å². The van der Waals surface area contributed by atoms with Crippen LogP contribution in [0.15, 0.2) is 42.5 Å². The molecule has 164 valence electrons.